The molecule has 0 aromatic carbocycles. The molecular weight excluding hydrogens is 387 g/mol. The molecule has 1 aliphatic heterocycles. The molecule has 2 unspecified atom stereocenters. The van der Waals surface area contributed by atoms with E-state index in [4.69, 9.17) is 4.74 Å². The Kier molecular flexibility index (Phi) is 5.60. The van der Waals surface area contributed by atoms with Crippen LogP contribution in [-0.4, -0.2) is 40.1 Å². The smallest absolute Gasteiger partial charge is 0.417 e. The molecule has 158 valence electrons. The van der Waals surface area contributed by atoms with Crippen LogP contribution in [0.25, 0.3) is 0 Å². The average molecular weight is 411 g/mol. The summed E-state index contributed by atoms with van der Waals surface area (Å²) in [5, 5.41) is 2.71. The zero-order valence-corrected chi connectivity index (χ0v) is 16.5. The van der Waals surface area contributed by atoms with E-state index in [1.54, 1.807) is 37.8 Å². The number of carbonyl (C=O) groups excluding carboxylic acids is 2. The largest absolute Gasteiger partial charge is 0.444 e. The van der Waals surface area contributed by atoms with Crippen molar-refractivity contribution in [2.45, 2.75) is 58.0 Å². The van der Waals surface area contributed by atoms with Crippen molar-refractivity contribution in [2.24, 2.45) is 5.92 Å². The molecule has 1 aromatic heterocycles. The zero-order valence-electron chi connectivity index (χ0n) is 16.5. The molecule has 1 aliphatic carbocycles. The summed E-state index contributed by atoms with van der Waals surface area (Å²) in [5.41, 5.74) is -0.419. The summed E-state index contributed by atoms with van der Waals surface area (Å²) in [6.07, 6.45) is 0.0829. The highest BCUT2D eigenvalue weighted by Crippen LogP contribution is 2.31. The minimum absolute atomic E-state index is 0.0968. The molecule has 1 aromatic rings. The molecule has 3 rings (SSSR count). The van der Waals surface area contributed by atoms with Gasteiger partial charge in [-0.15, -0.1) is 0 Å². The molecule has 1 N–H and O–H groups in total. The Bertz CT molecular complexity index is 830. The van der Waals surface area contributed by atoms with E-state index in [-0.39, 0.29) is 18.5 Å². The molecule has 29 heavy (non-hydrogen) atoms. The van der Waals surface area contributed by atoms with Crippen LogP contribution in [0.3, 0.4) is 0 Å². The number of hydrogen-bond donors (Lipinski definition) is 1. The van der Waals surface area contributed by atoms with Gasteiger partial charge in [-0.1, -0.05) is 12.2 Å². The summed E-state index contributed by atoms with van der Waals surface area (Å²) in [5.74, 6) is -0.604. The molecule has 2 atom stereocenters. The highest BCUT2D eigenvalue weighted by atomic mass is 19.4. The molecule has 0 bridgehead atoms. The van der Waals surface area contributed by atoms with E-state index in [9.17, 15) is 22.8 Å². The van der Waals surface area contributed by atoms with E-state index in [0.29, 0.717) is 30.6 Å². The number of nitrogens with zero attached hydrogens (tertiary/aromatic N) is 2. The fourth-order valence-corrected chi connectivity index (χ4v) is 3.45. The van der Waals surface area contributed by atoms with Gasteiger partial charge in [0.25, 0.3) is 0 Å². The van der Waals surface area contributed by atoms with Gasteiger partial charge in [-0.2, -0.15) is 13.2 Å². The number of amides is 2. The van der Waals surface area contributed by atoms with E-state index in [1.807, 2.05) is 0 Å². The Hall–Kier alpha value is -2.58. The number of hydrogen-bond acceptors (Lipinski definition) is 4. The van der Waals surface area contributed by atoms with Gasteiger partial charge in [0.05, 0.1) is 17.5 Å². The van der Waals surface area contributed by atoms with Gasteiger partial charge in [-0.3, -0.25) is 9.78 Å². The quantitative estimate of drug-likeness (QED) is 0.757. The van der Waals surface area contributed by atoms with E-state index in [2.05, 4.69) is 10.3 Å². The highest BCUT2D eigenvalue weighted by molar-refractivity contribution is 5.82. The molecule has 0 radical (unpaired) electrons. The Balaban J connectivity index is 1.60. The van der Waals surface area contributed by atoms with Crippen LogP contribution in [0, 0.1) is 5.92 Å². The maximum atomic E-state index is 12.9. The standard InChI is InChI=1S/C20H24F3N3O3/c1-19(2,3)29-18(28)25-15-5-4-12(9-15)17(27)26-7-6-16-13(11-26)8-14(10-24-16)20(21,22)23/h4-5,8,10,12,15H,6-7,9,11H2,1-3H3,(H,25,28). The lowest BCUT2D eigenvalue weighted by Gasteiger charge is -2.30. The lowest BCUT2D eigenvalue weighted by atomic mass is 10.0. The number of pyridine rings is 1. The molecule has 2 aliphatic rings. The second kappa shape index (κ2) is 7.68. The second-order valence-corrected chi connectivity index (χ2v) is 8.32. The Morgan fingerprint density at radius 2 is 1.97 bits per heavy atom. The summed E-state index contributed by atoms with van der Waals surface area (Å²) in [6, 6.07) is 0.744. The SMILES string of the molecule is CC(C)(C)OC(=O)NC1C=CC(C(=O)N2CCc3ncc(C(F)(F)F)cc3C2)C1. The third-order valence-electron chi connectivity index (χ3n) is 4.78. The van der Waals surface area contributed by atoms with Crippen LogP contribution in [-0.2, 0) is 28.7 Å². The van der Waals surface area contributed by atoms with Crippen LogP contribution < -0.4 is 5.32 Å². The van der Waals surface area contributed by atoms with Gasteiger partial charge in [-0.05, 0) is 38.8 Å². The lowest BCUT2D eigenvalue weighted by molar-refractivity contribution is -0.137. The van der Waals surface area contributed by atoms with Gasteiger partial charge >= 0.3 is 12.3 Å². The summed E-state index contributed by atoms with van der Waals surface area (Å²) in [7, 11) is 0. The maximum Gasteiger partial charge on any atom is 0.417 e. The van der Waals surface area contributed by atoms with Gasteiger partial charge in [0.1, 0.15) is 5.60 Å². The monoisotopic (exact) mass is 411 g/mol. The van der Waals surface area contributed by atoms with E-state index >= 15 is 0 Å². The Labute approximate surface area is 167 Å². The van der Waals surface area contributed by atoms with Crippen molar-refractivity contribution in [3.8, 4) is 0 Å². The normalized spacial score (nSPS) is 21.7. The maximum absolute atomic E-state index is 12.9. The fraction of sp³-hybridized carbons (Fsp3) is 0.550. The minimum atomic E-state index is -4.47. The minimum Gasteiger partial charge on any atom is -0.444 e. The van der Waals surface area contributed by atoms with Crippen molar-refractivity contribution >= 4 is 12.0 Å². The molecule has 2 amide bonds. The number of carbonyl (C=O) groups is 2. The molecule has 0 fully saturated rings. The molecule has 2 heterocycles. The van der Waals surface area contributed by atoms with Crippen molar-refractivity contribution in [1.29, 1.82) is 0 Å². The molecule has 0 saturated heterocycles. The van der Waals surface area contributed by atoms with Crippen LogP contribution in [0.4, 0.5) is 18.0 Å². The van der Waals surface area contributed by atoms with E-state index in [0.717, 1.165) is 12.3 Å². The number of aromatic nitrogens is 1. The third-order valence-corrected chi connectivity index (χ3v) is 4.78. The molecular formula is C20H24F3N3O3. The number of nitrogens with one attached hydrogen (secondary N) is 1. The van der Waals surface area contributed by atoms with Crippen molar-refractivity contribution in [3.63, 3.8) is 0 Å². The van der Waals surface area contributed by atoms with Gasteiger partial charge in [0.2, 0.25) is 5.91 Å². The van der Waals surface area contributed by atoms with Crippen LogP contribution in [0.15, 0.2) is 24.4 Å². The Morgan fingerprint density at radius 1 is 1.24 bits per heavy atom. The zero-order chi connectivity index (χ0) is 21.4. The second-order valence-electron chi connectivity index (χ2n) is 8.32. The first-order valence-corrected chi connectivity index (χ1v) is 9.44. The number of halogens is 3. The van der Waals surface area contributed by atoms with Gasteiger partial charge in [0, 0.05) is 31.4 Å². The molecule has 9 heteroatoms. The summed E-state index contributed by atoms with van der Waals surface area (Å²) >= 11 is 0. The first-order valence-electron chi connectivity index (χ1n) is 9.44. The van der Waals surface area contributed by atoms with Crippen LogP contribution in [0.1, 0.15) is 44.0 Å². The number of fused-ring (bicyclic) bond motifs is 1. The average Bonchev–Trinajstić information content (AvgIpc) is 3.06. The first kappa shape index (κ1) is 21.1. The number of alkyl carbamates (subject to hydrolysis) is 1. The van der Waals surface area contributed by atoms with E-state index in [1.165, 1.54) is 0 Å². The third kappa shape index (κ3) is 5.27. The van der Waals surface area contributed by atoms with Crippen molar-refractivity contribution < 1.29 is 27.5 Å². The lowest BCUT2D eigenvalue weighted by Crippen LogP contribution is -2.41. The van der Waals surface area contributed by atoms with Crippen LogP contribution in [0.5, 0.6) is 0 Å². The van der Waals surface area contributed by atoms with Crippen LogP contribution in [0.2, 0.25) is 0 Å². The topological polar surface area (TPSA) is 71.5 Å². The number of rotatable bonds is 2. The van der Waals surface area contributed by atoms with Gasteiger partial charge in [-0.25, -0.2) is 4.79 Å². The number of ether oxygens (including phenoxy) is 1. The van der Waals surface area contributed by atoms with Crippen LogP contribution >= 0.6 is 0 Å². The fourth-order valence-electron chi connectivity index (χ4n) is 3.45. The number of alkyl halides is 3. The van der Waals surface area contributed by atoms with Gasteiger partial charge in [0.15, 0.2) is 0 Å². The summed E-state index contributed by atoms with van der Waals surface area (Å²) in [6.45, 7) is 5.78. The Morgan fingerprint density at radius 3 is 2.62 bits per heavy atom. The molecule has 0 saturated carbocycles. The van der Waals surface area contributed by atoms with Gasteiger partial charge < -0.3 is 15.0 Å². The predicted molar refractivity (Wildman–Crippen MR) is 98.8 cm³/mol. The van der Waals surface area contributed by atoms with Crippen molar-refractivity contribution in [3.05, 3.63) is 41.2 Å². The molecule has 6 nitrogen and oxygen atoms in total. The molecule has 0 spiro atoms. The van der Waals surface area contributed by atoms with E-state index < -0.39 is 29.4 Å². The van der Waals surface area contributed by atoms with Crippen molar-refractivity contribution in [1.82, 2.24) is 15.2 Å². The van der Waals surface area contributed by atoms with Crippen molar-refractivity contribution in [2.75, 3.05) is 6.54 Å². The highest BCUT2D eigenvalue weighted by Gasteiger charge is 2.35. The first-order chi connectivity index (χ1) is 13.4. The summed E-state index contributed by atoms with van der Waals surface area (Å²) in [4.78, 5) is 30.2. The summed E-state index contributed by atoms with van der Waals surface area (Å²) < 4.78 is 44.0. The predicted octanol–water partition coefficient (Wildman–Crippen LogP) is 3.45.